The number of pyridine rings is 1. The van der Waals surface area contributed by atoms with Crippen LogP contribution >= 0.6 is 45.8 Å². The minimum absolute atomic E-state index is 0.223. The molecule has 1 aliphatic carbocycles. The van der Waals surface area contributed by atoms with Crippen molar-refractivity contribution in [2.75, 3.05) is 11.9 Å². The van der Waals surface area contributed by atoms with Crippen LogP contribution in [0.1, 0.15) is 23.2 Å². The molecule has 3 rings (SSSR count). The predicted molar refractivity (Wildman–Crippen MR) is 106 cm³/mol. The van der Waals surface area contributed by atoms with Crippen molar-refractivity contribution < 1.29 is 18.7 Å². The molecule has 9 heteroatoms. The number of amides is 1. The van der Waals surface area contributed by atoms with Crippen molar-refractivity contribution in [2.24, 2.45) is 5.92 Å². The van der Waals surface area contributed by atoms with Crippen LogP contribution in [0.15, 0.2) is 30.6 Å². The third kappa shape index (κ3) is 5.11. The lowest BCUT2D eigenvalue weighted by atomic mass is 10.2. The van der Waals surface area contributed by atoms with Gasteiger partial charge in [0.2, 0.25) is 0 Å². The topological polar surface area (TPSA) is 60.5 Å². The van der Waals surface area contributed by atoms with Crippen LogP contribution < -0.4 is 14.8 Å². The van der Waals surface area contributed by atoms with Gasteiger partial charge in [-0.25, -0.2) is 0 Å². The maximum atomic E-state index is 13.2. The van der Waals surface area contributed by atoms with Crippen molar-refractivity contribution in [2.45, 2.75) is 17.2 Å². The summed E-state index contributed by atoms with van der Waals surface area (Å²) < 4.78 is 22.5. The van der Waals surface area contributed by atoms with E-state index in [9.17, 15) is 9.18 Å². The second-order valence-electron chi connectivity index (χ2n) is 5.73. The second kappa shape index (κ2) is 8.58. The molecule has 1 aliphatic rings. The molecular formula is C17H14Cl2FIN2O3. The lowest BCUT2D eigenvalue weighted by Gasteiger charge is -2.14. The fourth-order valence-electron chi connectivity index (χ4n) is 2.16. The molecule has 1 N–H and O–H groups in total. The fourth-order valence-corrected chi connectivity index (χ4v) is 2.90. The van der Waals surface area contributed by atoms with E-state index >= 15 is 0 Å². The van der Waals surface area contributed by atoms with Crippen LogP contribution in [0.5, 0.6) is 11.5 Å². The number of aromatic nitrogens is 1. The Morgan fingerprint density at radius 1 is 1.31 bits per heavy atom. The molecule has 1 saturated carbocycles. The van der Waals surface area contributed by atoms with Crippen LogP contribution in [0, 0.1) is 5.92 Å². The van der Waals surface area contributed by atoms with Gasteiger partial charge in [-0.15, -0.1) is 0 Å². The van der Waals surface area contributed by atoms with Crippen LogP contribution in [0.3, 0.4) is 0 Å². The van der Waals surface area contributed by atoms with Crippen molar-refractivity contribution in [3.63, 3.8) is 0 Å². The Balaban J connectivity index is 1.81. The summed E-state index contributed by atoms with van der Waals surface area (Å²) >= 11 is 13.5. The van der Waals surface area contributed by atoms with E-state index in [1.807, 2.05) is 0 Å². The number of alkyl halides is 2. The zero-order valence-electron chi connectivity index (χ0n) is 13.3. The van der Waals surface area contributed by atoms with Crippen LogP contribution in [0.4, 0.5) is 10.1 Å². The van der Waals surface area contributed by atoms with E-state index < -0.39 is 10.3 Å². The van der Waals surface area contributed by atoms with Gasteiger partial charge in [-0.05, 0) is 37.0 Å². The summed E-state index contributed by atoms with van der Waals surface area (Å²) in [4.78, 5) is 16.4. The quantitative estimate of drug-likeness (QED) is 0.395. The molecule has 1 atom stereocenters. The molecule has 0 spiro atoms. The number of hydrogen-bond acceptors (Lipinski definition) is 4. The number of rotatable bonds is 7. The Hall–Kier alpha value is -1.32. The van der Waals surface area contributed by atoms with Crippen LogP contribution in [-0.4, -0.2) is 21.9 Å². The first-order chi connectivity index (χ1) is 12.4. The molecular weight excluding hydrogens is 497 g/mol. The lowest BCUT2D eigenvalue weighted by molar-refractivity contribution is 0.102. The van der Waals surface area contributed by atoms with E-state index in [0.717, 1.165) is 12.8 Å². The van der Waals surface area contributed by atoms with E-state index in [2.05, 4.69) is 10.3 Å². The molecule has 5 nitrogen and oxygen atoms in total. The first-order valence-corrected chi connectivity index (χ1v) is 9.76. The summed E-state index contributed by atoms with van der Waals surface area (Å²) in [5.74, 6) is 0.615. The highest BCUT2D eigenvalue weighted by Crippen LogP contribution is 2.35. The van der Waals surface area contributed by atoms with Gasteiger partial charge in [0.25, 0.3) is 10.3 Å². The van der Waals surface area contributed by atoms with Gasteiger partial charge in [-0.1, -0.05) is 23.2 Å². The summed E-state index contributed by atoms with van der Waals surface area (Å²) in [6, 6.07) is 4.52. The molecule has 2 aromatic rings. The summed E-state index contributed by atoms with van der Waals surface area (Å²) in [5, 5.41) is 3.09. The highest BCUT2D eigenvalue weighted by molar-refractivity contribution is 14.1. The standard InChI is InChI=1S/C17H14Cl2FIN2O3/c18-11-6-22-7-12(19)15(11)23-16(24)10-3-4-13(26-17(20)21)14(5-10)25-8-9-1-2-9/h3-7,9,17H,1-2,8H2,(H,22,23,24). The maximum absolute atomic E-state index is 13.2. The number of ether oxygens (including phenoxy) is 2. The molecule has 1 aromatic carbocycles. The molecule has 1 aromatic heterocycles. The van der Waals surface area contributed by atoms with Crippen molar-refractivity contribution in [1.82, 2.24) is 4.98 Å². The van der Waals surface area contributed by atoms with Crippen molar-refractivity contribution in [1.29, 1.82) is 0 Å². The van der Waals surface area contributed by atoms with Crippen molar-refractivity contribution >= 4 is 57.4 Å². The average Bonchev–Trinajstić information content (AvgIpc) is 3.41. The highest BCUT2D eigenvalue weighted by atomic mass is 127. The molecule has 0 aliphatic heterocycles. The average molecular weight is 511 g/mol. The number of nitrogens with zero attached hydrogens (tertiary/aromatic N) is 1. The normalized spacial score (nSPS) is 14.6. The Kier molecular flexibility index (Phi) is 6.42. The third-order valence-electron chi connectivity index (χ3n) is 3.69. The number of halogens is 4. The smallest absolute Gasteiger partial charge is 0.288 e. The van der Waals surface area contributed by atoms with Crippen LogP contribution in [-0.2, 0) is 0 Å². The minimum Gasteiger partial charge on any atom is -0.489 e. The van der Waals surface area contributed by atoms with Gasteiger partial charge in [0, 0.05) is 40.5 Å². The first kappa shape index (κ1) is 19.4. The zero-order chi connectivity index (χ0) is 18.7. The molecule has 1 amide bonds. The minimum atomic E-state index is -1.52. The van der Waals surface area contributed by atoms with Crippen molar-refractivity contribution in [3.8, 4) is 11.5 Å². The fraction of sp³-hybridized carbons (Fsp3) is 0.294. The van der Waals surface area contributed by atoms with E-state index in [0.29, 0.717) is 23.8 Å². The number of anilines is 1. The van der Waals surface area contributed by atoms with Crippen LogP contribution in [0.2, 0.25) is 10.0 Å². The van der Waals surface area contributed by atoms with Gasteiger partial charge in [0.05, 0.1) is 22.3 Å². The molecule has 1 heterocycles. The molecule has 1 fully saturated rings. The Morgan fingerprint density at radius 3 is 2.62 bits per heavy atom. The van der Waals surface area contributed by atoms with Gasteiger partial charge in [0.1, 0.15) is 0 Å². The first-order valence-electron chi connectivity index (χ1n) is 7.76. The van der Waals surface area contributed by atoms with Gasteiger partial charge in [0.15, 0.2) is 11.5 Å². The van der Waals surface area contributed by atoms with Crippen molar-refractivity contribution in [3.05, 3.63) is 46.2 Å². The van der Waals surface area contributed by atoms with E-state index in [1.54, 1.807) is 0 Å². The van der Waals surface area contributed by atoms with Gasteiger partial charge >= 0.3 is 0 Å². The number of carbonyl (C=O) groups is 1. The van der Waals surface area contributed by atoms with E-state index in [1.165, 1.54) is 53.2 Å². The summed E-state index contributed by atoms with van der Waals surface area (Å²) in [7, 11) is 0. The Labute approximate surface area is 173 Å². The predicted octanol–water partition coefficient (Wildman–Crippen LogP) is 5.50. The molecule has 1 unspecified atom stereocenters. The Morgan fingerprint density at radius 2 is 2.00 bits per heavy atom. The molecule has 138 valence electrons. The maximum Gasteiger partial charge on any atom is 0.288 e. The summed E-state index contributed by atoms with van der Waals surface area (Å²) in [6.45, 7) is 0.502. The number of carbonyl (C=O) groups excluding carboxylic acids is 1. The van der Waals surface area contributed by atoms with Crippen LogP contribution in [0.25, 0.3) is 0 Å². The molecule has 0 radical (unpaired) electrons. The summed E-state index contributed by atoms with van der Waals surface area (Å²) in [6.07, 6.45) is 4.97. The second-order valence-corrected chi connectivity index (χ2v) is 7.52. The SMILES string of the molecule is O=C(Nc1c(Cl)cncc1Cl)c1ccc(OC(F)I)c(OCC2CC2)c1. The Bertz CT molecular complexity index is 798. The molecule has 26 heavy (non-hydrogen) atoms. The van der Waals surface area contributed by atoms with Gasteiger partial charge in [-0.3, -0.25) is 9.78 Å². The lowest BCUT2D eigenvalue weighted by Crippen LogP contribution is -2.14. The van der Waals surface area contributed by atoms with Gasteiger partial charge < -0.3 is 14.8 Å². The molecule has 0 saturated heterocycles. The number of hydrogen-bond donors (Lipinski definition) is 1. The number of benzene rings is 1. The highest BCUT2D eigenvalue weighted by Gasteiger charge is 2.23. The van der Waals surface area contributed by atoms with E-state index in [-0.39, 0.29) is 21.5 Å². The largest absolute Gasteiger partial charge is 0.489 e. The number of nitrogens with one attached hydrogen (secondary N) is 1. The monoisotopic (exact) mass is 510 g/mol. The van der Waals surface area contributed by atoms with Gasteiger partial charge in [-0.2, -0.15) is 4.39 Å². The summed E-state index contributed by atoms with van der Waals surface area (Å²) in [5.41, 5.74) is 0.571. The van der Waals surface area contributed by atoms with E-state index in [4.69, 9.17) is 32.7 Å². The third-order valence-corrected chi connectivity index (χ3v) is 4.51. The molecule has 0 bridgehead atoms. The zero-order valence-corrected chi connectivity index (χ0v) is 17.0.